The summed E-state index contributed by atoms with van der Waals surface area (Å²) < 4.78 is 48.8. The molecule has 0 heterocycles. The van der Waals surface area contributed by atoms with Crippen LogP contribution in [0, 0.1) is 5.82 Å². The number of amides is 1. The molecule has 0 bridgehead atoms. The summed E-state index contributed by atoms with van der Waals surface area (Å²) in [5.74, 6) is -4.95. The number of hydrogen-bond acceptors (Lipinski definition) is 3. The molecule has 2 N–H and O–H groups in total. The van der Waals surface area contributed by atoms with Gasteiger partial charge in [0.05, 0.1) is 11.6 Å². The van der Waals surface area contributed by atoms with Crippen LogP contribution in [0.3, 0.4) is 0 Å². The Kier molecular flexibility index (Phi) is 6.16. The van der Waals surface area contributed by atoms with Gasteiger partial charge in [-0.15, -0.1) is 0 Å². The summed E-state index contributed by atoms with van der Waals surface area (Å²) in [6.07, 6.45) is -1.04. The molecule has 0 saturated carbocycles. The molecule has 0 aliphatic rings. The Morgan fingerprint density at radius 2 is 1.84 bits per heavy atom. The van der Waals surface area contributed by atoms with Crippen LogP contribution in [0.4, 0.5) is 18.0 Å². The molecule has 142 valence electrons. The number of benzene rings is 1. The van der Waals surface area contributed by atoms with Crippen molar-refractivity contribution in [1.29, 1.82) is 0 Å². The van der Waals surface area contributed by atoms with Gasteiger partial charge in [-0.05, 0) is 47.1 Å². The van der Waals surface area contributed by atoms with Crippen LogP contribution in [0.5, 0.6) is 0 Å². The fourth-order valence-corrected chi connectivity index (χ4v) is 2.20. The van der Waals surface area contributed by atoms with E-state index in [4.69, 9.17) is 4.74 Å². The van der Waals surface area contributed by atoms with Crippen LogP contribution < -0.4 is 5.32 Å². The number of halogens is 3. The second-order valence-electron chi connectivity index (χ2n) is 7.28. The first-order valence-electron chi connectivity index (χ1n) is 8.11. The third-order valence-electron chi connectivity index (χ3n) is 3.93. The number of alkyl halides is 2. The van der Waals surface area contributed by atoms with Gasteiger partial charge in [-0.2, -0.15) is 8.78 Å². The summed E-state index contributed by atoms with van der Waals surface area (Å²) >= 11 is 0. The fourth-order valence-electron chi connectivity index (χ4n) is 2.20. The molecular weight excluding hydrogens is 335 g/mol. The zero-order chi connectivity index (χ0) is 19.6. The Bertz CT molecular complexity index is 624. The minimum Gasteiger partial charge on any atom is -0.444 e. The molecule has 1 rings (SSSR count). The number of ether oxygens (including phenoxy) is 1. The number of carbonyl (C=O) groups is 1. The lowest BCUT2D eigenvalue weighted by molar-refractivity contribution is -0.181. The van der Waals surface area contributed by atoms with Crippen LogP contribution in [0.25, 0.3) is 0 Å². The quantitative estimate of drug-likeness (QED) is 0.802. The van der Waals surface area contributed by atoms with Crippen molar-refractivity contribution in [3.05, 3.63) is 35.1 Å². The van der Waals surface area contributed by atoms with Crippen molar-refractivity contribution >= 4 is 6.09 Å². The molecule has 0 aliphatic carbocycles. The van der Waals surface area contributed by atoms with E-state index in [9.17, 15) is 23.1 Å². The molecular formula is C18H26F3NO3. The summed E-state index contributed by atoms with van der Waals surface area (Å²) in [7, 11) is 0. The second kappa shape index (κ2) is 7.23. The molecule has 25 heavy (non-hydrogen) atoms. The van der Waals surface area contributed by atoms with E-state index in [2.05, 4.69) is 5.32 Å². The highest BCUT2D eigenvalue weighted by Gasteiger charge is 2.51. The van der Waals surface area contributed by atoms with Gasteiger partial charge in [-0.3, -0.25) is 0 Å². The van der Waals surface area contributed by atoms with E-state index >= 15 is 0 Å². The topological polar surface area (TPSA) is 58.6 Å². The standard InChI is InChI=1S/C18H26F3NO3/c1-7-17(6,24)18(20,21)13-10-8-9-12(14(13)19)11(2)22-15(23)25-16(3,4)5/h8-11,24H,7H2,1-6H3,(H,22,23)/t11-,17?/m1/s1. The average molecular weight is 361 g/mol. The summed E-state index contributed by atoms with van der Waals surface area (Å²) in [6, 6.07) is 2.61. The lowest BCUT2D eigenvalue weighted by atomic mass is 9.87. The van der Waals surface area contributed by atoms with Gasteiger partial charge >= 0.3 is 12.0 Å². The number of hydrogen-bond donors (Lipinski definition) is 2. The molecule has 0 saturated heterocycles. The highest BCUT2D eigenvalue weighted by Crippen LogP contribution is 2.42. The Hall–Kier alpha value is -1.76. The van der Waals surface area contributed by atoms with Crippen LogP contribution in [0.15, 0.2) is 18.2 Å². The number of carbonyl (C=O) groups excluding carboxylic acids is 1. The van der Waals surface area contributed by atoms with E-state index in [1.165, 1.54) is 26.0 Å². The first kappa shape index (κ1) is 21.3. The predicted molar refractivity (Wildman–Crippen MR) is 89.0 cm³/mol. The van der Waals surface area contributed by atoms with Crippen molar-refractivity contribution in [3.8, 4) is 0 Å². The molecule has 2 atom stereocenters. The Labute approximate surface area is 146 Å². The van der Waals surface area contributed by atoms with Crippen molar-refractivity contribution in [2.45, 2.75) is 71.1 Å². The number of nitrogens with one attached hydrogen (secondary N) is 1. The van der Waals surface area contributed by atoms with Crippen molar-refractivity contribution in [1.82, 2.24) is 5.32 Å². The molecule has 1 aromatic carbocycles. The van der Waals surface area contributed by atoms with E-state index in [1.54, 1.807) is 20.8 Å². The highest BCUT2D eigenvalue weighted by atomic mass is 19.3. The third-order valence-corrected chi connectivity index (χ3v) is 3.93. The van der Waals surface area contributed by atoms with Crippen LogP contribution in [0.2, 0.25) is 0 Å². The predicted octanol–water partition coefficient (Wildman–Crippen LogP) is 4.66. The maximum atomic E-state index is 14.7. The Balaban J connectivity index is 3.14. The molecule has 1 unspecified atom stereocenters. The molecule has 0 aromatic heterocycles. The van der Waals surface area contributed by atoms with E-state index in [-0.39, 0.29) is 12.0 Å². The monoisotopic (exact) mass is 361 g/mol. The molecule has 1 aromatic rings. The molecule has 4 nitrogen and oxygen atoms in total. The van der Waals surface area contributed by atoms with Crippen molar-refractivity contribution in [3.63, 3.8) is 0 Å². The average Bonchev–Trinajstić information content (AvgIpc) is 2.44. The normalized spacial score (nSPS) is 16.1. The van der Waals surface area contributed by atoms with E-state index < -0.39 is 40.6 Å². The molecule has 0 aliphatic heterocycles. The van der Waals surface area contributed by atoms with E-state index in [0.717, 1.165) is 13.0 Å². The van der Waals surface area contributed by atoms with Crippen molar-refractivity contribution < 1.29 is 27.8 Å². The number of alkyl carbamates (subject to hydrolysis) is 1. The van der Waals surface area contributed by atoms with Gasteiger partial charge in [-0.1, -0.05) is 19.1 Å². The number of aliphatic hydroxyl groups is 1. The van der Waals surface area contributed by atoms with Crippen LogP contribution in [-0.2, 0) is 10.7 Å². The van der Waals surface area contributed by atoms with Crippen LogP contribution in [-0.4, -0.2) is 22.4 Å². The smallest absolute Gasteiger partial charge is 0.408 e. The highest BCUT2D eigenvalue weighted by molar-refractivity contribution is 5.68. The maximum absolute atomic E-state index is 14.7. The fraction of sp³-hybridized carbons (Fsp3) is 0.611. The van der Waals surface area contributed by atoms with Gasteiger partial charge in [0.25, 0.3) is 0 Å². The minimum atomic E-state index is -3.78. The minimum absolute atomic E-state index is 0.116. The zero-order valence-electron chi connectivity index (χ0n) is 15.4. The third kappa shape index (κ3) is 4.87. The summed E-state index contributed by atoms with van der Waals surface area (Å²) in [6.45, 7) is 8.83. The molecule has 0 spiro atoms. The summed E-state index contributed by atoms with van der Waals surface area (Å²) in [5, 5.41) is 12.3. The van der Waals surface area contributed by atoms with Crippen molar-refractivity contribution in [2.75, 3.05) is 0 Å². The largest absolute Gasteiger partial charge is 0.444 e. The van der Waals surface area contributed by atoms with Gasteiger partial charge in [0, 0.05) is 5.56 Å². The van der Waals surface area contributed by atoms with Crippen LogP contribution in [0.1, 0.15) is 65.1 Å². The zero-order valence-corrected chi connectivity index (χ0v) is 15.4. The first-order chi connectivity index (χ1) is 11.2. The molecule has 7 heteroatoms. The van der Waals surface area contributed by atoms with Crippen molar-refractivity contribution in [2.24, 2.45) is 0 Å². The van der Waals surface area contributed by atoms with Gasteiger partial charge in [-0.25, -0.2) is 9.18 Å². The maximum Gasteiger partial charge on any atom is 0.408 e. The Morgan fingerprint density at radius 3 is 2.32 bits per heavy atom. The summed E-state index contributed by atoms with van der Waals surface area (Å²) in [4.78, 5) is 11.8. The molecule has 0 fully saturated rings. The molecule has 0 radical (unpaired) electrons. The Morgan fingerprint density at radius 1 is 1.28 bits per heavy atom. The molecule has 1 amide bonds. The lowest BCUT2D eigenvalue weighted by Crippen LogP contribution is -2.43. The van der Waals surface area contributed by atoms with E-state index in [0.29, 0.717) is 0 Å². The summed E-state index contributed by atoms with van der Waals surface area (Å²) in [5.41, 5.74) is -4.16. The van der Waals surface area contributed by atoms with Gasteiger partial charge in [0.15, 0.2) is 0 Å². The number of rotatable bonds is 5. The second-order valence-corrected chi connectivity index (χ2v) is 7.28. The first-order valence-corrected chi connectivity index (χ1v) is 8.11. The van der Waals surface area contributed by atoms with Gasteiger partial charge in [0.2, 0.25) is 0 Å². The van der Waals surface area contributed by atoms with Gasteiger partial charge < -0.3 is 15.2 Å². The lowest BCUT2D eigenvalue weighted by Gasteiger charge is -2.32. The van der Waals surface area contributed by atoms with Crippen LogP contribution >= 0.6 is 0 Å². The van der Waals surface area contributed by atoms with Gasteiger partial charge in [0.1, 0.15) is 17.0 Å². The SMILES string of the molecule is CCC(C)(O)C(F)(F)c1cccc([C@@H](C)NC(=O)OC(C)(C)C)c1F. The van der Waals surface area contributed by atoms with E-state index in [1.807, 2.05) is 0 Å².